The average molecular weight is 439 g/mol. The minimum Gasteiger partial charge on any atom is -0.419 e. The minimum absolute atomic E-state index is 0.0974. The van der Waals surface area contributed by atoms with Crippen LogP contribution in [0.1, 0.15) is 18.5 Å². The second kappa shape index (κ2) is 8.34. The number of oxazole rings is 1. The highest BCUT2D eigenvalue weighted by atomic mass is 35.5. The van der Waals surface area contributed by atoms with E-state index in [9.17, 15) is 8.42 Å². The molecule has 1 aromatic heterocycles. The van der Waals surface area contributed by atoms with Gasteiger partial charge in [0.1, 0.15) is 0 Å². The van der Waals surface area contributed by atoms with Gasteiger partial charge in [0.05, 0.1) is 10.9 Å². The molecule has 7 heteroatoms. The molecule has 0 spiro atoms. The number of anilines is 1. The van der Waals surface area contributed by atoms with Crippen molar-refractivity contribution in [3.8, 4) is 11.5 Å². The van der Waals surface area contributed by atoms with Crippen molar-refractivity contribution in [2.75, 3.05) is 5.32 Å². The van der Waals surface area contributed by atoms with Crippen LogP contribution in [0.5, 0.6) is 0 Å². The van der Waals surface area contributed by atoms with E-state index >= 15 is 0 Å². The van der Waals surface area contributed by atoms with Crippen LogP contribution in [0.3, 0.4) is 0 Å². The average Bonchev–Trinajstić information content (AvgIpc) is 3.20. The number of sulfone groups is 1. The molecular weight excluding hydrogens is 420 g/mol. The Kier molecular flexibility index (Phi) is 5.61. The van der Waals surface area contributed by atoms with E-state index in [2.05, 4.69) is 10.3 Å². The van der Waals surface area contributed by atoms with E-state index in [0.29, 0.717) is 10.6 Å². The fraction of sp³-hybridized carbons (Fsp3) is 0.0870. The second-order valence-electron chi connectivity index (χ2n) is 6.75. The molecule has 0 bridgehead atoms. The van der Waals surface area contributed by atoms with Gasteiger partial charge in [-0.25, -0.2) is 8.42 Å². The van der Waals surface area contributed by atoms with Crippen molar-refractivity contribution in [1.82, 2.24) is 4.98 Å². The Morgan fingerprint density at radius 3 is 2.13 bits per heavy atom. The van der Waals surface area contributed by atoms with Crippen molar-refractivity contribution in [3.63, 3.8) is 0 Å². The Bertz CT molecular complexity index is 1240. The summed E-state index contributed by atoms with van der Waals surface area (Å²) in [7, 11) is -3.89. The van der Waals surface area contributed by atoms with Gasteiger partial charge in [0, 0.05) is 10.6 Å². The topological polar surface area (TPSA) is 72.2 Å². The minimum atomic E-state index is -3.89. The van der Waals surface area contributed by atoms with Gasteiger partial charge < -0.3 is 9.73 Å². The maximum atomic E-state index is 13.3. The molecule has 1 N–H and O–H groups in total. The van der Waals surface area contributed by atoms with E-state index < -0.39 is 9.84 Å². The molecule has 0 amide bonds. The lowest BCUT2D eigenvalue weighted by Crippen LogP contribution is -2.10. The number of aromatic nitrogens is 1. The standard InChI is InChI=1S/C23H19ClN2O3S/c1-16(17-8-4-2-5-9-17)25-22-23(30(27,28)20-10-6-3-7-11-20)26-21(29-22)18-12-14-19(24)15-13-18/h2-16,25H,1H3. The van der Waals surface area contributed by atoms with Gasteiger partial charge in [0.25, 0.3) is 0 Å². The highest BCUT2D eigenvalue weighted by Crippen LogP contribution is 2.34. The molecular formula is C23H19ClN2O3S. The molecule has 1 unspecified atom stereocenters. The van der Waals surface area contributed by atoms with Crippen LogP contribution in [-0.2, 0) is 9.84 Å². The Balaban J connectivity index is 1.80. The van der Waals surface area contributed by atoms with Gasteiger partial charge >= 0.3 is 0 Å². The molecule has 0 radical (unpaired) electrons. The van der Waals surface area contributed by atoms with E-state index in [4.69, 9.17) is 16.0 Å². The highest BCUT2D eigenvalue weighted by Gasteiger charge is 2.29. The normalized spacial score (nSPS) is 12.5. The molecule has 3 aromatic carbocycles. The maximum Gasteiger partial charge on any atom is 0.234 e. The number of benzene rings is 3. The number of hydrogen-bond donors (Lipinski definition) is 1. The van der Waals surface area contributed by atoms with Crippen LogP contribution in [-0.4, -0.2) is 13.4 Å². The second-order valence-corrected chi connectivity index (χ2v) is 9.05. The summed E-state index contributed by atoms with van der Waals surface area (Å²) < 4.78 is 32.5. The molecule has 0 saturated carbocycles. The largest absolute Gasteiger partial charge is 0.419 e. The molecule has 1 atom stereocenters. The zero-order valence-corrected chi connectivity index (χ0v) is 17.7. The van der Waals surface area contributed by atoms with Gasteiger partial charge in [-0.2, -0.15) is 4.98 Å². The van der Waals surface area contributed by atoms with E-state index in [0.717, 1.165) is 5.56 Å². The van der Waals surface area contributed by atoms with Crippen LogP contribution in [0.4, 0.5) is 5.88 Å². The van der Waals surface area contributed by atoms with Gasteiger partial charge in [-0.1, -0.05) is 60.1 Å². The molecule has 0 aliphatic rings. The molecule has 0 fully saturated rings. The predicted octanol–water partition coefficient (Wildman–Crippen LogP) is 6.00. The van der Waals surface area contributed by atoms with Crippen molar-refractivity contribution < 1.29 is 12.8 Å². The van der Waals surface area contributed by atoms with Gasteiger partial charge in [-0.15, -0.1) is 0 Å². The zero-order chi connectivity index (χ0) is 21.1. The summed E-state index contributed by atoms with van der Waals surface area (Å²) in [5.41, 5.74) is 1.62. The molecule has 1 heterocycles. The summed E-state index contributed by atoms with van der Waals surface area (Å²) in [6.45, 7) is 1.93. The van der Waals surface area contributed by atoms with E-state index in [1.807, 2.05) is 37.3 Å². The number of halogens is 1. The third-order valence-electron chi connectivity index (χ3n) is 4.64. The summed E-state index contributed by atoms with van der Waals surface area (Å²) in [4.78, 5) is 4.49. The van der Waals surface area contributed by atoms with Crippen molar-refractivity contribution >= 4 is 27.3 Å². The van der Waals surface area contributed by atoms with Crippen LogP contribution in [0, 0.1) is 0 Å². The molecule has 0 saturated heterocycles. The van der Waals surface area contributed by atoms with Gasteiger partial charge in [0.15, 0.2) is 0 Å². The van der Waals surface area contributed by atoms with Gasteiger partial charge in [-0.3, -0.25) is 0 Å². The molecule has 4 aromatic rings. The highest BCUT2D eigenvalue weighted by molar-refractivity contribution is 7.91. The summed E-state index contributed by atoms with van der Waals surface area (Å²) in [6, 6.07) is 24.6. The molecule has 0 aliphatic heterocycles. The quantitative estimate of drug-likeness (QED) is 0.399. The number of nitrogens with one attached hydrogen (secondary N) is 1. The number of hydrogen-bond acceptors (Lipinski definition) is 5. The first-order valence-corrected chi connectivity index (χ1v) is 11.2. The van der Waals surface area contributed by atoms with Crippen LogP contribution in [0.15, 0.2) is 99.3 Å². The maximum absolute atomic E-state index is 13.3. The predicted molar refractivity (Wildman–Crippen MR) is 117 cm³/mol. The van der Waals surface area contributed by atoms with Crippen molar-refractivity contribution in [2.45, 2.75) is 22.9 Å². The fourth-order valence-corrected chi connectivity index (χ4v) is 4.44. The number of nitrogens with zero attached hydrogens (tertiary/aromatic N) is 1. The first kappa shape index (κ1) is 20.2. The summed E-state index contributed by atoms with van der Waals surface area (Å²) in [5, 5.41) is 3.59. The van der Waals surface area contributed by atoms with E-state index in [1.54, 1.807) is 42.5 Å². The Morgan fingerprint density at radius 1 is 0.900 bits per heavy atom. The zero-order valence-electron chi connectivity index (χ0n) is 16.1. The first-order valence-electron chi connectivity index (χ1n) is 9.33. The lowest BCUT2D eigenvalue weighted by atomic mass is 10.1. The summed E-state index contributed by atoms with van der Waals surface area (Å²) >= 11 is 5.97. The number of rotatable bonds is 6. The van der Waals surface area contributed by atoms with Crippen LogP contribution >= 0.6 is 11.6 Å². The van der Waals surface area contributed by atoms with Gasteiger partial charge in [-0.05, 0) is 48.9 Å². The van der Waals surface area contributed by atoms with Gasteiger partial charge in [0.2, 0.25) is 26.6 Å². The lowest BCUT2D eigenvalue weighted by Gasteiger charge is -2.14. The smallest absolute Gasteiger partial charge is 0.234 e. The third kappa shape index (κ3) is 4.10. The SMILES string of the molecule is CC(Nc1oc(-c2ccc(Cl)cc2)nc1S(=O)(=O)c1ccccc1)c1ccccc1. The van der Waals surface area contributed by atoms with Crippen LogP contribution in [0.2, 0.25) is 5.02 Å². The Labute approximate surface area is 180 Å². The Hall–Kier alpha value is -3.09. The third-order valence-corrected chi connectivity index (χ3v) is 6.57. The van der Waals surface area contributed by atoms with Crippen molar-refractivity contribution in [3.05, 3.63) is 95.5 Å². The monoisotopic (exact) mass is 438 g/mol. The first-order chi connectivity index (χ1) is 14.4. The molecule has 152 valence electrons. The lowest BCUT2D eigenvalue weighted by molar-refractivity contribution is 0.570. The van der Waals surface area contributed by atoms with E-state index in [-0.39, 0.29) is 27.7 Å². The summed E-state index contributed by atoms with van der Waals surface area (Å²) in [5.74, 6) is 0.295. The molecule has 30 heavy (non-hydrogen) atoms. The van der Waals surface area contributed by atoms with Crippen LogP contribution < -0.4 is 5.32 Å². The van der Waals surface area contributed by atoms with Crippen molar-refractivity contribution in [2.24, 2.45) is 0 Å². The van der Waals surface area contributed by atoms with E-state index in [1.165, 1.54) is 12.1 Å². The Morgan fingerprint density at radius 2 is 1.50 bits per heavy atom. The fourth-order valence-electron chi connectivity index (χ4n) is 3.03. The molecule has 5 nitrogen and oxygen atoms in total. The van der Waals surface area contributed by atoms with Crippen molar-refractivity contribution in [1.29, 1.82) is 0 Å². The molecule has 4 rings (SSSR count). The summed E-state index contributed by atoms with van der Waals surface area (Å²) in [6.07, 6.45) is 0. The molecule has 0 aliphatic carbocycles. The van der Waals surface area contributed by atoms with Crippen LogP contribution in [0.25, 0.3) is 11.5 Å².